The molecule has 0 N–H and O–H groups in total. The summed E-state index contributed by atoms with van der Waals surface area (Å²) < 4.78 is 37.5. The van der Waals surface area contributed by atoms with Crippen LogP contribution in [0, 0.1) is 0 Å². The third-order valence-corrected chi connectivity index (χ3v) is 2.73. The van der Waals surface area contributed by atoms with Gasteiger partial charge >= 0.3 is 6.18 Å². The lowest BCUT2D eigenvalue weighted by molar-refractivity contribution is -0.138. The molecule has 0 bridgehead atoms. The van der Waals surface area contributed by atoms with Crippen LogP contribution in [0.2, 0.25) is 0 Å². The number of rotatable bonds is 4. The van der Waals surface area contributed by atoms with Crippen LogP contribution < -0.4 is 0 Å². The quantitative estimate of drug-likeness (QED) is 0.813. The molecule has 0 aromatic heterocycles. The van der Waals surface area contributed by atoms with E-state index in [1.807, 2.05) is 13.8 Å². The lowest BCUT2D eigenvalue weighted by Gasteiger charge is -2.18. The number of carbonyl (C=O) groups excluding carboxylic acids is 1. The number of carbonyl (C=O) groups is 1. The Morgan fingerprint density at radius 2 is 1.83 bits per heavy atom. The van der Waals surface area contributed by atoms with E-state index in [-0.39, 0.29) is 12.3 Å². The molecule has 1 aromatic carbocycles. The van der Waals surface area contributed by atoms with Gasteiger partial charge < -0.3 is 4.90 Å². The molecule has 0 saturated carbocycles. The number of halogens is 3. The minimum absolute atomic E-state index is 0.00556. The molecule has 5 heteroatoms. The van der Waals surface area contributed by atoms with Crippen LogP contribution >= 0.6 is 0 Å². The Hall–Kier alpha value is -1.52. The fraction of sp³-hybridized carbons (Fsp3) is 0.462. The molecule has 1 rings (SSSR count). The van der Waals surface area contributed by atoms with Crippen molar-refractivity contribution in [2.45, 2.75) is 26.4 Å². The molecule has 0 atom stereocenters. The molecular formula is C13H16F3NO. The lowest BCUT2D eigenvalue weighted by Crippen LogP contribution is -2.31. The maximum absolute atomic E-state index is 12.5. The first-order chi connectivity index (χ1) is 8.38. The Bertz CT molecular complexity index is 411. The van der Waals surface area contributed by atoms with Crippen LogP contribution in [0.25, 0.3) is 0 Å². The van der Waals surface area contributed by atoms with Gasteiger partial charge in [0.05, 0.1) is 12.0 Å². The van der Waals surface area contributed by atoms with Crippen molar-refractivity contribution in [3.05, 3.63) is 35.4 Å². The van der Waals surface area contributed by atoms with Crippen LogP contribution in [0.15, 0.2) is 24.3 Å². The Morgan fingerprint density at radius 1 is 1.22 bits per heavy atom. The van der Waals surface area contributed by atoms with Crippen LogP contribution in [0.4, 0.5) is 13.2 Å². The van der Waals surface area contributed by atoms with Gasteiger partial charge in [0.2, 0.25) is 5.91 Å². The van der Waals surface area contributed by atoms with E-state index in [2.05, 4.69) is 0 Å². The highest BCUT2D eigenvalue weighted by Crippen LogP contribution is 2.29. The van der Waals surface area contributed by atoms with Gasteiger partial charge in [-0.2, -0.15) is 13.2 Å². The SMILES string of the molecule is CCN(CC)C(=O)Cc1cccc(C(F)(F)F)c1. The van der Waals surface area contributed by atoms with Gasteiger partial charge in [-0.15, -0.1) is 0 Å². The topological polar surface area (TPSA) is 20.3 Å². The van der Waals surface area contributed by atoms with Gasteiger partial charge in [0.1, 0.15) is 0 Å². The molecule has 0 fully saturated rings. The molecule has 18 heavy (non-hydrogen) atoms. The first kappa shape index (κ1) is 14.5. The molecule has 0 heterocycles. The third-order valence-electron chi connectivity index (χ3n) is 2.73. The third kappa shape index (κ3) is 3.75. The van der Waals surface area contributed by atoms with E-state index < -0.39 is 11.7 Å². The van der Waals surface area contributed by atoms with Crippen LogP contribution in [0.3, 0.4) is 0 Å². The maximum Gasteiger partial charge on any atom is 0.416 e. The van der Waals surface area contributed by atoms with Gasteiger partial charge in [0, 0.05) is 13.1 Å². The molecule has 1 aromatic rings. The van der Waals surface area contributed by atoms with Crippen LogP contribution in [-0.2, 0) is 17.4 Å². The Kier molecular flexibility index (Phi) is 4.76. The zero-order chi connectivity index (χ0) is 13.8. The summed E-state index contributed by atoms with van der Waals surface area (Å²) in [7, 11) is 0. The van der Waals surface area contributed by atoms with Crippen molar-refractivity contribution in [1.82, 2.24) is 4.90 Å². The summed E-state index contributed by atoms with van der Waals surface area (Å²) in [6.07, 6.45) is -4.36. The molecule has 0 aliphatic rings. The lowest BCUT2D eigenvalue weighted by atomic mass is 10.1. The second-order valence-electron chi connectivity index (χ2n) is 3.94. The van der Waals surface area contributed by atoms with Crippen LogP contribution in [-0.4, -0.2) is 23.9 Å². The molecule has 1 amide bonds. The highest BCUT2D eigenvalue weighted by atomic mass is 19.4. The van der Waals surface area contributed by atoms with Gasteiger partial charge in [0.15, 0.2) is 0 Å². The molecule has 2 nitrogen and oxygen atoms in total. The first-order valence-electron chi connectivity index (χ1n) is 5.82. The van der Waals surface area contributed by atoms with E-state index in [0.29, 0.717) is 18.7 Å². The van der Waals surface area contributed by atoms with E-state index >= 15 is 0 Å². The molecular weight excluding hydrogens is 243 g/mol. The highest BCUT2D eigenvalue weighted by Gasteiger charge is 2.30. The Labute approximate surface area is 104 Å². The van der Waals surface area contributed by atoms with E-state index in [0.717, 1.165) is 12.1 Å². The average Bonchev–Trinajstić information content (AvgIpc) is 2.29. The molecule has 0 spiro atoms. The molecule has 0 aliphatic heterocycles. The second kappa shape index (κ2) is 5.89. The molecule has 0 radical (unpaired) electrons. The summed E-state index contributed by atoms with van der Waals surface area (Å²) in [5, 5.41) is 0. The molecule has 0 aliphatic carbocycles. The monoisotopic (exact) mass is 259 g/mol. The van der Waals surface area contributed by atoms with Gasteiger partial charge in [-0.05, 0) is 25.5 Å². The largest absolute Gasteiger partial charge is 0.416 e. The summed E-state index contributed by atoms with van der Waals surface area (Å²) in [4.78, 5) is 13.4. The van der Waals surface area contributed by atoms with Gasteiger partial charge in [0.25, 0.3) is 0 Å². The summed E-state index contributed by atoms with van der Waals surface area (Å²) in [6.45, 7) is 4.81. The number of hydrogen-bond acceptors (Lipinski definition) is 1. The average molecular weight is 259 g/mol. The van der Waals surface area contributed by atoms with Crippen molar-refractivity contribution in [3.8, 4) is 0 Å². The first-order valence-corrected chi connectivity index (χ1v) is 5.82. The van der Waals surface area contributed by atoms with E-state index in [9.17, 15) is 18.0 Å². The Morgan fingerprint density at radius 3 is 2.33 bits per heavy atom. The minimum Gasteiger partial charge on any atom is -0.343 e. The van der Waals surface area contributed by atoms with Crippen molar-refractivity contribution in [2.75, 3.05) is 13.1 Å². The van der Waals surface area contributed by atoms with Crippen molar-refractivity contribution in [2.24, 2.45) is 0 Å². The summed E-state index contributed by atoms with van der Waals surface area (Å²) in [5.41, 5.74) is -0.325. The summed E-state index contributed by atoms with van der Waals surface area (Å²) >= 11 is 0. The highest BCUT2D eigenvalue weighted by molar-refractivity contribution is 5.78. The fourth-order valence-corrected chi connectivity index (χ4v) is 1.72. The second-order valence-corrected chi connectivity index (χ2v) is 3.94. The van der Waals surface area contributed by atoms with Gasteiger partial charge in [-0.3, -0.25) is 4.79 Å². The number of alkyl halides is 3. The molecule has 100 valence electrons. The number of hydrogen-bond donors (Lipinski definition) is 0. The number of nitrogens with zero attached hydrogens (tertiary/aromatic N) is 1. The van der Waals surface area contributed by atoms with Crippen molar-refractivity contribution in [1.29, 1.82) is 0 Å². The zero-order valence-corrected chi connectivity index (χ0v) is 10.4. The van der Waals surface area contributed by atoms with E-state index in [4.69, 9.17) is 0 Å². The smallest absolute Gasteiger partial charge is 0.343 e. The van der Waals surface area contributed by atoms with Crippen molar-refractivity contribution in [3.63, 3.8) is 0 Å². The van der Waals surface area contributed by atoms with Crippen LogP contribution in [0.1, 0.15) is 25.0 Å². The van der Waals surface area contributed by atoms with Crippen molar-refractivity contribution >= 4 is 5.91 Å². The predicted molar refractivity (Wildman–Crippen MR) is 63.1 cm³/mol. The number of benzene rings is 1. The zero-order valence-electron chi connectivity index (χ0n) is 10.4. The van der Waals surface area contributed by atoms with E-state index in [1.54, 1.807) is 4.90 Å². The fourth-order valence-electron chi connectivity index (χ4n) is 1.72. The normalized spacial score (nSPS) is 11.4. The van der Waals surface area contributed by atoms with Crippen molar-refractivity contribution < 1.29 is 18.0 Å². The minimum atomic E-state index is -4.37. The number of likely N-dealkylation sites (N-methyl/N-ethyl adjacent to an activating group) is 1. The molecule has 0 unspecified atom stereocenters. The summed E-state index contributed by atoms with van der Waals surface area (Å²) in [6, 6.07) is 4.90. The predicted octanol–water partition coefficient (Wildman–Crippen LogP) is 3.12. The molecule has 0 saturated heterocycles. The standard InChI is InChI=1S/C13H16F3NO/c1-3-17(4-2)12(18)9-10-6-5-7-11(8-10)13(14,15)16/h5-8H,3-4,9H2,1-2H3. The Balaban J connectivity index is 2.83. The maximum atomic E-state index is 12.5. The summed E-state index contributed by atoms with van der Waals surface area (Å²) in [5.74, 6) is -0.153. The van der Waals surface area contributed by atoms with Gasteiger partial charge in [-0.25, -0.2) is 0 Å². The number of amides is 1. The van der Waals surface area contributed by atoms with Crippen LogP contribution in [0.5, 0.6) is 0 Å². The van der Waals surface area contributed by atoms with Gasteiger partial charge in [-0.1, -0.05) is 18.2 Å². The van der Waals surface area contributed by atoms with E-state index in [1.165, 1.54) is 12.1 Å².